The molecule has 6 heteroatoms. The van der Waals surface area contributed by atoms with E-state index in [4.69, 9.17) is 15.6 Å². The van der Waals surface area contributed by atoms with Crippen LogP contribution in [0.15, 0.2) is 0 Å². The first-order chi connectivity index (χ1) is 8.04. The van der Waals surface area contributed by atoms with Gasteiger partial charge in [0.15, 0.2) is 0 Å². The summed E-state index contributed by atoms with van der Waals surface area (Å²) in [7, 11) is 0. The summed E-state index contributed by atoms with van der Waals surface area (Å²) < 4.78 is 5.19. The second-order valence-corrected chi connectivity index (χ2v) is 4.24. The third kappa shape index (κ3) is 4.32. The Bertz CT molecular complexity index is 275. The summed E-state index contributed by atoms with van der Waals surface area (Å²) in [6, 6.07) is -0.425. The summed E-state index contributed by atoms with van der Waals surface area (Å²) in [5, 5.41) is 8.48. The standard InChI is InChI=1S/C11H20N2O4/c1-2-9(12)11(16)13-5-3-8(4-6-13)17-7-10(14)15/h8-9H,2-7,12H2,1H3,(H,14,15)/t9-/m0/s1. The number of carboxylic acid groups (broad SMARTS) is 1. The van der Waals surface area contributed by atoms with Crippen LogP contribution in [-0.4, -0.2) is 53.7 Å². The normalized spacial score (nSPS) is 19.1. The number of hydrogen-bond donors (Lipinski definition) is 2. The first kappa shape index (κ1) is 13.9. The van der Waals surface area contributed by atoms with Crippen molar-refractivity contribution in [2.45, 2.75) is 38.3 Å². The van der Waals surface area contributed by atoms with Gasteiger partial charge in [0.05, 0.1) is 12.1 Å². The number of nitrogens with two attached hydrogens (primary N) is 1. The van der Waals surface area contributed by atoms with Gasteiger partial charge >= 0.3 is 5.97 Å². The molecular weight excluding hydrogens is 224 g/mol. The van der Waals surface area contributed by atoms with Crippen LogP contribution in [0.4, 0.5) is 0 Å². The molecule has 1 heterocycles. The molecule has 0 aromatic rings. The number of piperidine rings is 1. The van der Waals surface area contributed by atoms with Crippen molar-refractivity contribution in [3.8, 4) is 0 Å². The fourth-order valence-electron chi connectivity index (χ4n) is 1.84. The van der Waals surface area contributed by atoms with Gasteiger partial charge in [-0.25, -0.2) is 4.79 Å². The van der Waals surface area contributed by atoms with Crippen molar-refractivity contribution >= 4 is 11.9 Å². The van der Waals surface area contributed by atoms with Gasteiger partial charge in [0, 0.05) is 13.1 Å². The van der Waals surface area contributed by atoms with Crippen LogP contribution < -0.4 is 5.73 Å². The number of likely N-dealkylation sites (tertiary alicyclic amines) is 1. The summed E-state index contributed by atoms with van der Waals surface area (Å²) in [4.78, 5) is 23.8. The molecule has 1 amide bonds. The Labute approximate surface area is 101 Å². The number of carbonyl (C=O) groups excluding carboxylic acids is 1. The molecular formula is C11H20N2O4. The second-order valence-electron chi connectivity index (χ2n) is 4.24. The number of amides is 1. The quantitative estimate of drug-likeness (QED) is 0.699. The van der Waals surface area contributed by atoms with Gasteiger partial charge in [0.25, 0.3) is 0 Å². The summed E-state index contributed by atoms with van der Waals surface area (Å²) in [5.41, 5.74) is 5.68. The Kier molecular flexibility index (Phi) is 5.37. The average molecular weight is 244 g/mol. The van der Waals surface area contributed by atoms with Gasteiger partial charge in [-0.2, -0.15) is 0 Å². The Balaban J connectivity index is 2.30. The van der Waals surface area contributed by atoms with E-state index in [9.17, 15) is 9.59 Å². The molecule has 0 saturated carbocycles. The zero-order chi connectivity index (χ0) is 12.8. The summed E-state index contributed by atoms with van der Waals surface area (Å²) in [6.45, 7) is 2.80. The first-order valence-corrected chi connectivity index (χ1v) is 5.92. The van der Waals surface area contributed by atoms with Gasteiger partial charge in [-0.05, 0) is 19.3 Å². The summed E-state index contributed by atoms with van der Waals surface area (Å²) in [6.07, 6.45) is 1.92. The highest BCUT2D eigenvalue weighted by atomic mass is 16.5. The summed E-state index contributed by atoms with van der Waals surface area (Å²) in [5.74, 6) is -0.985. The molecule has 0 spiro atoms. The zero-order valence-corrected chi connectivity index (χ0v) is 10.1. The van der Waals surface area contributed by atoms with Crippen LogP contribution in [-0.2, 0) is 14.3 Å². The summed E-state index contributed by atoms with van der Waals surface area (Å²) >= 11 is 0. The molecule has 1 saturated heterocycles. The lowest BCUT2D eigenvalue weighted by Crippen LogP contribution is -2.48. The van der Waals surface area contributed by atoms with Crippen LogP contribution in [0, 0.1) is 0 Å². The Morgan fingerprint density at radius 3 is 2.53 bits per heavy atom. The number of carbonyl (C=O) groups is 2. The minimum absolute atomic E-state index is 0.0239. The molecule has 0 unspecified atom stereocenters. The number of carboxylic acids is 1. The number of hydrogen-bond acceptors (Lipinski definition) is 4. The molecule has 1 fully saturated rings. The molecule has 1 rings (SSSR count). The van der Waals surface area contributed by atoms with Crippen molar-refractivity contribution in [1.82, 2.24) is 4.90 Å². The van der Waals surface area contributed by atoms with Crippen LogP contribution in [0.25, 0.3) is 0 Å². The molecule has 3 N–H and O–H groups in total. The topological polar surface area (TPSA) is 92.9 Å². The van der Waals surface area contributed by atoms with Gasteiger partial charge < -0.3 is 20.5 Å². The Hall–Kier alpha value is -1.14. The molecule has 98 valence electrons. The SMILES string of the molecule is CC[C@H](N)C(=O)N1CCC(OCC(=O)O)CC1. The molecule has 0 aromatic carbocycles. The molecule has 17 heavy (non-hydrogen) atoms. The Morgan fingerprint density at radius 1 is 1.47 bits per heavy atom. The van der Waals surface area contributed by atoms with E-state index >= 15 is 0 Å². The highest BCUT2D eigenvalue weighted by Gasteiger charge is 2.26. The number of nitrogens with zero attached hydrogens (tertiary/aromatic N) is 1. The van der Waals surface area contributed by atoms with E-state index in [-0.39, 0.29) is 18.6 Å². The van der Waals surface area contributed by atoms with Crippen LogP contribution in [0.3, 0.4) is 0 Å². The smallest absolute Gasteiger partial charge is 0.329 e. The molecule has 6 nitrogen and oxygen atoms in total. The van der Waals surface area contributed by atoms with E-state index in [1.807, 2.05) is 6.92 Å². The monoisotopic (exact) mass is 244 g/mol. The number of ether oxygens (including phenoxy) is 1. The van der Waals surface area contributed by atoms with Gasteiger partial charge in [-0.15, -0.1) is 0 Å². The highest BCUT2D eigenvalue weighted by Crippen LogP contribution is 2.14. The fraction of sp³-hybridized carbons (Fsp3) is 0.818. The van der Waals surface area contributed by atoms with Gasteiger partial charge in [0.1, 0.15) is 6.61 Å². The predicted octanol–water partition coefficient (Wildman–Crippen LogP) is -0.184. The van der Waals surface area contributed by atoms with Crippen molar-refractivity contribution in [3.63, 3.8) is 0 Å². The van der Waals surface area contributed by atoms with Crippen LogP contribution >= 0.6 is 0 Å². The maximum Gasteiger partial charge on any atom is 0.329 e. The molecule has 0 bridgehead atoms. The third-order valence-corrected chi connectivity index (χ3v) is 2.95. The molecule has 0 aromatic heterocycles. The molecule has 1 atom stereocenters. The predicted molar refractivity (Wildman–Crippen MR) is 61.5 cm³/mol. The lowest BCUT2D eigenvalue weighted by Gasteiger charge is -2.33. The van der Waals surface area contributed by atoms with Crippen molar-refractivity contribution in [1.29, 1.82) is 0 Å². The van der Waals surface area contributed by atoms with E-state index in [2.05, 4.69) is 0 Å². The van der Waals surface area contributed by atoms with E-state index in [0.717, 1.165) is 0 Å². The lowest BCUT2D eigenvalue weighted by atomic mass is 10.1. The lowest BCUT2D eigenvalue weighted by molar-refractivity contribution is -0.147. The molecule has 0 radical (unpaired) electrons. The van der Waals surface area contributed by atoms with Crippen molar-refractivity contribution in [2.75, 3.05) is 19.7 Å². The minimum Gasteiger partial charge on any atom is -0.480 e. The van der Waals surface area contributed by atoms with E-state index in [0.29, 0.717) is 32.4 Å². The van der Waals surface area contributed by atoms with Gasteiger partial charge in [-0.3, -0.25) is 4.79 Å². The molecule has 1 aliphatic rings. The van der Waals surface area contributed by atoms with Gasteiger partial charge in [-0.1, -0.05) is 6.92 Å². The first-order valence-electron chi connectivity index (χ1n) is 5.92. The maximum absolute atomic E-state index is 11.8. The number of aliphatic carboxylic acids is 1. The fourth-order valence-corrected chi connectivity index (χ4v) is 1.84. The van der Waals surface area contributed by atoms with E-state index < -0.39 is 12.0 Å². The van der Waals surface area contributed by atoms with Crippen molar-refractivity contribution in [2.24, 2.45) is 5.73 Å². The van der Waals surface area contributed by atoms with Crippen LogP contribution in [0.5, 0.6) is 0 Å². The van der Waals surface area contributed by atoms with Crippen molar-refractivity contribution < 1.29 is 19.4 Å². The molecule has 0 aliphatic carbocycles. The third-order valence-electron chi connectivity index (χ3n) is 2.95. The minimum atomic E-state index is -0.962. The van der Waals surface area contributed by atoms with Crippen LogP contribution in [0.1, 0.15) is 26.2 Å². The Morgan fingerprint density at radius 2 is 2.06 bits per heavy atom. The van der Waals surface area contributed by atoms with Gasteiger partial charge in [0.2, 0.25) is 5.91 Å². The van der Waals surface area contributed by atoms with E-state index in [1.54, 1.807) is 4.90 Å². The van der Waals surface area contributed by atoms with Crippen molar-refractivity contribution in [3.05, 3.63) is 0 Å². The maximum atomic E-state index is 11.8. The second kappa shape index (κ2) is 6.56. The largest absolute Gasteiger partial charge is 0.480 e. The zero-order valence-electron chi connectivity index (χ0n) is 10.1. The van der Waals surface area contributed by atoms with Crippen LogP contribution in [0.2, 0.25) is 0 Å². The number of rotatable bonds is 5. The molecule has 1 aliphatic heterocycles. The average Bonchev–Trinajstić information content (AvgIpc) is 2.35. The van der Waals surface area contributed by atoms with E-state index in [1.165, 1.54) is 0 Å². The highest BCUT2D eigenvalue weighted by molar-refractivity contribution is 5.81.